The molecule has 2 aromatic carbocycles. The van der Waals surface area contributed by atoms with Crippen molar-refractivity contribution in [3.63, 3.8) is 0 Å². The molecule has 17 heteroatoms. The van der Waals surface area contributed by atoms with E-state index in [1.807, 2.05) is 12.1 Å². The van der Waals surface area contributed by atoms with Crippen LogP contribution in [0.4, 0.5) is 39.3 Å². The van der Waals surface area contributed by atoms with E-state index in [-0.39, 0.29) is 16.9 Å². The summed E-state index contributed by atoms with van der Waals surface area (Å²) in [4.78, 5) is 39.0. The van der Waals surface area contributed by atoms with Gasteiger partial charge in [-0.2, -0.15) is 4.98 Å². The van der Waals surface area contributed by atoms with Crippen molar-refractivity contribution in [2.24, 2.45) is 11.7 Å². The number of benzene rings is 2. The lowest BCUT2D eigenvalue weighted by Gasteiger charge is -2.40. The molecule has 0 radical (unpaired) electrons. The van der Waals surface area contributed by atoms with Crippen molar-refractivity contribution in [3.05, 3.63) is 53.2 Å². The van der Waals surface area contributed by atoms with Crippen molar-refractivity contribution in [1.82, 2.24) is 19.8 Å². The van der Waals surface area contributed by atoms with E-state index in [0.717, 1.165) is 63.1 Å². The third-order valence-electron chi connectivity index (χ3n) is 9.30. The van der Waals surface area contributed by atoms with Gasteiger partial charge in [-0.15, -0.1) is 0 Å². The first-order valence-corrected chi connectivity index (χ1v) is 19.0. The number of hydrogen-bond acceptors (Lipinski definition) is 12. The molecule has 4 N–H and O–H groups in total. The molecule has 1 aromatic heterocycles. The van der Waals surface area contributed by atoms with Gasteiger partial charge in [0, 0.05) is 64.6 Å². The summed E-state index contributed by atoms with van der Waals surface area (Å²) < 4.78 is 36.3. The second-order valence-electron chi connectivity index (χ2n) is 12.9. The number of rotatable bonds is 12. The number of sulfonamides is 1. The number of carbonyl (C=O) groups is 2. The Kier molecular flexibility index (Phi) is 12.0. The van der Waals surface area contributed by atoms with Crippen molar-refractivity contribution in [2.45, 2.75) is 32.8 Å². The van der Waals surface area contributed by atoms with E-state index in [9.17, 15) is 18.0 Å². The number of amides is 2. The maximum atomic E-state index is 12.6. The first kappa shape index (κ1) is 37.7. The van der Waals surface area contributed by atoms with E-state index >= 15 is 0 Å². The molecule has 0 saturated carbocycles. The van der Waals surface area contributed by atoms with E-state index in [1.165, 1.54) is 17.5 Å². The van der Waals surface area contributed by atoms with Crippen LogP contribution in [0.2, 0.25) is 5.02 Å². The third kappa shape index (κ3) is 9.42. The highest BCUT2D eigenvalue weighted by Gasteiger charge is 2.29. The number of primary amides is 1. The number of aryl methyl sites for hydroxylation is 1. The Bertz CT molecular complexity index is 1830. The van der Waals surface area contributed by atoms with E-state index in [4.69, 9.17) is 26.8 Å². The normalized spacial score (nSPS) is 16.4. The van der Waals surface area contributed by atoms with E-state index in [0.29, 0.717) is 47.6 Å². The third-order valence-corrected chi connectivity index (χ3v) is 10.8. The van der Waals surface area contributed by atoms with Crippen LogP contribution in [0.1, 0.15) is 25.3 Å². The molecule has 2 aliphatic heterocycles. The van der Waals surface area contributed by atoms with Gasteiger partial charge >= 0.3 is 6.09 Å². The van der Waals surface area contributed by atoms with Gasteiger partial charge in [0.2, 0.25) is 16.0 Å². The minimum Gasteiger partial charge on any atom is -0.494 e. The van der Waals surface area contributed by atoms with Gasteiger partial charge < -0.3 is 35.6 Å². The number of nitrogens with two attached hydrogens (primary N) is 1. The second-order valence-corrected chi connectivity index (χ2v) is 15.3. The van der Waals surface area contributed by atoms with Crippen LogP contribution < -0.4 is 30.3 Å². The minimum absolute atomic E-state index is 0.213. The zero-order valence-electron chi connectivity index (χ0n) is 29.6. The highest BCUT2D eigenvalue weighted by atomic mass is 35.5. The van der Waals surface area contributed by atoms with Crippen LogP contribution in [-0.4, -0.2) is 113 Å². The molecule has 2 saturated heterocycles. The maximum absolute atomic E-state index is 12.6. The Balaban J connectivity index is 1.19. The van der Waals surface area contributed by atoms with E-state index < -0.39 is 22.2 Å². The smallest absolute Gasteiger partial charge is 0.405 e. The fraction of sp³-hybridized carbons (Fsp3) is 0.471. The van der Waals surface area contributed by atoms with Crippen molar-refractivity contribution < 1.29 is 27.5 Å². The Labute approximate surface area is 304 Å². The molecular formula is C34H46ClN9O6S. The molecule has 15 nitrogen and oxygen atoms in total. The summed E-state index contributed by atoms with van der Waals surface area (Å²) >= 11 is 6.46. The number of anilines is 6. The lowest BCUT2D eigenvalue weighted by Crippen LogP contribution is -2.53. The predicted molar refractivity (Wildman–Crippen MR) is 199 cm³/mol. The van der Waals surface area contributed by atoms with Crippen LogP contribution >= 0.6 is 11.6 Å². The van der Waals surface area contributed by atoms with Gasteiger partial charge in [0.25, 0.3) is 5.91 Å². The van der Waals surface area contributed by atoms with Crippen LogP contribution in [0.15, 0.2) is 42.6 Å². The lowest BCUT2D eigenvalue weighted by molar-refractivity contribution is -0.141. The molecule has 0 spiro atoms. The highest BCUT2D eigenvalue weighted by molar-refractivity contribution is 7.92. The molecule has 3 heterocycles. The monoisotopic (exact) mass is 743 g/mol. The van der Waals surface area contributed by atoms with Crippen molar-refractivity contribution in [3.8, 4) is 5.75 Å². The molecule has 2 amide bonds. The Morgan fingerprint density at radius 3 is 2.41 bits per heavy atom. The molecule has 2 fully saturated rings. The SMILES string of the molecule is COc1cc(N2CCC(CN3CCN(C(=O)C(C)OC(N)=O)CC3)CC2)c(C)cc1Nc1ncc(Cl)c(Nc2ccccc2N(C)S(C)(=O)=O)n1. The summed E-state index contributed by atoms with van der Waals surface area (Å²) in [5.74, 6) is 1.55. The first-order valence-electron chi connectivity index (χ1n) is 16.7. The highest BCUT2D eigenvalue weighted by Crippen LogP contribution is 2.37. The quantitative estimate of drug-likeness (QED) is 0.242. The standard InChI is InChI=1S/C34H46ClN9O6S/c1-22-18-27(39-34-37-20-25(35)31(40-34)38-26-8-6-7-9-28(26)41(3)51(5,47)48)30(49-4)19-29(22)43-12-10-24(11-13-43)21-42-14-16-44(17-15-42)32(45)23(2)50-33(36)46/h6-9,18-20,23-24H,10-17,21H2,1-5H3,(H2,36,46)(H2,37,38,39,40). The van der Waals surface area contributed by atoms with Gasteiger partial charge in [-0.1, -0.05) is 23.7 Å². The first-order chi connectivity index (χ1) is 24.2. The molecule has 0 bridgehead atoms. The number of hydrogen-bond donors (Lipinski definition) is 3. The average Bonchev–Trinajstić information content (AvgIpc) is 3.09. The largest absolute Gasteiger partial charge is 0.494 e. The molecule has 1 atom stereocenters. The van der Waals surface area contributed by atoms with Gasteiger partial charge in [-0.25, -0.2) is 18.2 Å². The van der Waals surface area contributed by atoms with E-state index in [1.54, 1.807) is 43.2 Å². The van der Waals surface area contributed by atoms with Gasteiger partial charge in [0.15, 0.2) is 11.9 Å². The molecule has 2 aliphatic rings. The molecule has 1 unspecified atom stereocenters. The molecule has 5 rings (SSSR count). The summed E-state index contributed by atoms with van der Waals surface area (Å²) in [6.45, 7) is 9.16. The van der Waals surface area contributed by atoms with Gasteiger partial charge in [-0.05, 0) is 56.4 Å². The fourth-order valence-corrected chi connectivity index (χ4v) is 7.09. The van der Waals surface area contributed by atoms with Gasteiger partial charge in [-0.3, -0.25) is 14.0 Å². The summed E-state index contributed by atoms with van der Waals surface area (Å²) in [5, 5.41) is 6.67. The number of carbonyl (C=O) groups excluding carboxylic acids is 2. The van der Waals surface area contributed by atoms with Crippen LogP contribution in [0.5, 0.6) is 5.75 Å². The number of nitrogens with zero attached hydrogens (tertiary/aromatic N) is 6. The van der Waals surface area contributed by atoms with Gasteiger partial charge in [0.1, 0.15) is 10.8 Å². The molecule has 3 aromatic rings. The number of aromatic nitrogens is 2. The van der Waals surface area contributed by atoms with Crippen molar-refractivity contribution >= 4 is 68.1 Å². The molecule has 0 aliphatic carbocycles. The number of halogens is 1. The minimum atomic E-state index is -3.50. The summed E-state index contributed by atoms with van der Waals surface area (Å²) in [6.07, 6.45) is 2.88. The van der Waals surface area contributed by atoms with Crippen LogP contribution in [0, 0.1) is 12.8 Å². The zero-order valence-corrected chi connectivity index (χ0v) is 31.1. The second kappa shape index (κ2) is 16.2. The maximum Gasteiger partial charge on any atom is 0.405 e. The molecular weight excluding hydrogens is 698 g/mol. The van der Waals surface area contributed by atoms with E-state index in [2.05, 4.69) is 37.3 Å². The Morgan fingerprint density at radius 1 is 1.08 bits per heavy atom. The van der Waals surface area contributed by atoms with Crippen molar-refractivity contribution in [2.75, 3.05) is 86.1 Å². The Morgan fingerprint density at radius 2 is 1.76 bits per heavy atom. The molecule has 51 heavy (non-hydrogen) atoms. The predicted octanol–water partition coefficient (Wildman–Crippen LogP) is 4.17. The summed E-state index contributed by atoms with van der Waals surface area (Å²) in [6, 6.07) is 11.0. The fourth-order valence-electron chi connectivity index (χ4n) is 6.43. The topological polar surface area (TPSA) is 176 Å². The van der Waals surface area contributed by atoms with Crippen LogP contribution in [-0.2, 0) is 19.6 Å². The number of piperazine rings is 1. The van der Waals surface area contributed by atoms with Crippen LogP contribution in [0.3, 0.4) is 0 Å². The summed E-state index contributed by atoms with van der Waals surface area (Å²) in [5.41, 5.74) is 8.87. The number of ether oxygens (including phenoxy) is 2. The number of nitrogens with one attached hydrogen (secondary N) is 2. The lowest BCUT2D eigenvalue weighted by atomic mass is 9.95. The van der Waals surface area contributed by atoms with Crippen molar-refractivity contribution in [1.29, 1.82) is 0 Å². The van der Waals surface area contributed by atoms with Crippen LogP contribution in [0.25, 0.3) is 0 Å². The molecule has 276 valence electrons. The average molecular weight is 744 g/mol. The Hall–Kier alpha value is -4.54. The number of para-hydroxylation sites is 2. The van der Waals surface area contributed by atoms with Gasteiger partial charge in [0.05, 0.1) is 36.6 Å². The number of methoxy groups -OCH3 is 1. The zero-order chi connectivity index (χ0) is 36.9. The number of piperidine rings is 1. The summed E-state index contributed by atoms with van der Waals surface area (Å²) in [7, 11) is -0.398.